The fourth-order valence-corrected chi connectivity index (χ4v) is 1.59. The molecule has 1 N–H and O–H groups in total. The van der Waals surface area contributed by atoms with Gasteiger partial charge in [0.2, 0.25) is 0 Å². The second-order valence-electron chi connectivity index (χ2n) is 3.85. The van der Waals surface area contributed by atoms with Gasteiger partial charge in [0.1, 0.15) is 11.5 Å². The maximum Gasteiger partial charge on any atom is 0.417 e. The highest BCUT2D eigenvalue weighted by Crippen LogP contribution is 2.23. The highest BCUT2D eigenvalue weighted by atomic mass is 16.6. The summed E-state index contributed by atoms with van der Waals surface area (Å²) >= 11 is 0. The summed E-state index contributed by atoms with van der Waals surface area (Å²) in [7, 11) is 1.52. The average Bonchev–Trinajstić information content (AvgIpc) is 2.48. The van der Waals surface area contributed by atoms with E-state index in [1.165, 1.54) is 7.11 Å². The van der Waals surface area contributed by atoms with Crippen molar-refractivity contribution in [3.05, 3.63) is 54.1 Å². The summed E-state index contributed by atoms with van der Waals surface area (Å²) in [4.78, 5) is 11.8. The minimum absolute atomic E-state index is 0.358. The first-order valence-electron chi connectivity index (χ1n) is 5.85. The average molecular weight is 268 g/mol. The Kier molecular flexibility index (Phi) is 4.20. The molecule has 0 saturated carbocycles. The quantitative estimate of drug-likeness (QED) is 0.928. The van der Waals surface area contributed by atoms with Crippen LogP contribution in [0.4, 0.5) is 10.5 Å². The van der Waals surface area contributed by atoms with Crippen LogP contribution >= 0.6 is 0 Å². The van der Waals surface area contributed by atoms with Crippen LogP contribution in [0, 0.1) is 11.3 Å². The van der Waals surface area contributed by atoms with Crippen LogP contribution in [-0.4, -0.2) is 13.2 Å². The van der Waals surface area contributed by atoms with Crippen LogP contribution in [0.1, 0.15) is 5.56 Å². The number of anilines is 1. The van der Waals surface area contributed by atoms with Gasteiger partial charge in [-0.15, -0.1) is 0 Å². The Morgan fingerprint density at radius 2 is 1.85 bits per heavy atom. The lowest BCUT2D eigenvalue weighted by Crippen LogP contribution is -2.17. The summed E-state index contributed by atoms with van der Waals surface area (Å²) < 4.78 is 10.2. The number of rotatable bonds is 3. The Morgan fingerprint density at radius 1 is 1.15 bits per heavy atom. The van der Waals surface area contributed by atoms with Gasteiger partial charge in [0.05, 0.1) is 24.4 Å². The Labute approximate surface area is 116 Å². The molecule has 2 aromatic rings. The molecule has 5 heteroatoms. The number of hydrogen-bond donors (Lipinski definition) is 1. The number of benzene rings is 2. The van der Waals surface area contributed by atoms with E-state index in [1.54, 1.807) is 48.5 Å². The monoisotopic (exact) mass is 268 g/mol. The molecule has 0 aliphatic heterocycles. The fourth-order valence-electron chi connectivity index (χ4n) is 1.59. The van der Waals surface area contributed by atoms with Crippen LogP contribution in [0.5, 0.6) is 11.5 Å². The summed E-state index contributed by atoms with van der Waals surface area (Å²) in [6.45, 7) is 0. The second-order valence-corrected chi connectivity index (χ2v) is 3.85. The lowest BCUT2D eigenvalue weighted by atomic mass is 10.2. The fraction of sp³-hybridized carbons (Fsp3) is 0.0667. The minimum atomic E-state index is -0.626. The van der Waals surface area contributed by atoms with Crippen molar-refractivity contribution in [2.24, 2.45) is 0 Å². The molecule has 0 unspecified atom stereocenters. The lowest BCUT2D eigenvalue weighted by molar-refractivity contribution is 0.215. The van der Waals surface area contributed by atoms with Gasteiger partial charge in [0, 0.05) is 0 Å². The number of carbonyl (C=O) groups excluding carboxylic acids is 1. The zero-order valence-corrected chi connectivity index (χ0v) is 10.8. The molecule has 0 atom stereocenters. The SMILES string of the molecule is COc1ccccc1NC(=O)Oc1ccc(C#N)cc1. The van der Waals surface area contributed by atoms with Crippen molar-refractivity contribution >= 4 is 11.8 Å². The third-order valence-electron chi connectivity index (χ3n) is 2.54. The van der Waals surface area contributed by atoms with E-state index in [9.17, 15) is 4.79 Å². The molecule has 0 bridgehead atoms. The first kappa shape index (κ1) is 13.4. The van der Waals surface area contributed by atoms with E-state index < -0.39 is 6.09 Å². The van der Waals surface area contributed by atoms with Crippen molar-refractivity contribution in [2.45, 2.75) is 0 Å². The number of para-hydroxylation sites is 2. The number of amides is 1. The molecular formula is C15H12N2O3. The molecule has 5 nitrogen and oxygen atoms in total. The van der Waals surface area contributed by atoms with E-state index in [1.807, 2.05) is 6.07 Å². The number of hydrogen-bond acceptors (Lipinski definition) is 4. The number of nitrogens with one attached hydrogen (secondary N) is 1. The topological polar surface area (TPSA) is 71.3 Å². The van der Waals surface area contributed by atoms with Gasteiger partial charge in [0.25, 0.3) is 0 Å². The molecule has 0 aliphatic rings. The summed E-state index contributed by atoms with van der Waals surface area (Å²) in [5, 5.41) is 11.3. The molecule has 100 valence electrons. The molecule has 1 amide bonds. The standard InChI is InChI=1S/C15H12N2O3/c1-19-14-5-3-2-4-13(14)17-15(18)20-12-8-6-11(10-16)7-9-12/h2-9H,1H3,(H,17,18). The van der Waals surface area contributed by atoms with Gasteiger partial charge in [-0.25, -0.2) is 4.79 Å². The van der Waals surface area contributed by atoms with E-state index >= 15 is 0 Å². The van der Waals surface area contributed by atoms with Crippen LogP contribution in [0.3, 0.4) is 0 Å². The number of methoxy groups -OCH3 is 1. The molecule has 0 saturated heterocycles. The summed E-state index contributed by atoms with van der Waals surface area (Å²) in [5.74, 6) is 0.903. The molecule has 0 aromatic heterocycles. The first-order chi connectivity index (χ1) is 9.72. The predicted molar refractivity (Wildman–Crippen MR) is 73.8 cm³/mol. The van der Waals surface area contributed by atoms with Crippen LogP contribution in [0.15, 0.2) is 48.5 Å². The molecule has 2 rings (SSSR count). The van der Waals surface area contributed by atoms with Crippen LogP contribution in [0.2, 0.25) is 0 Å². The molecule has 0 spiro atoms. The van der Waals surface area contributed by atoms with Crippen LogP contribution in [-0.2, 0) is 0 Å². The molecular weight excluding hydrogens is 256 g/mol. The number of carbonyl (C=O) groups is 1. The van der Waals surface area contributed by atoms with Gasteiger partial charge in [0.15, 0.2) is 0 Å². The first-order valence-corrected chi connectivity index (χ1v) is 5.85. The Morgan fingerprint density at radius 3 is 2.50 bits per heavy atom. The second kappa shape index (κ2) is 6.25. The van der Waals surface area contributed by atoms with Crippen LogP contribution in [0.25, 0.3) is 0 Å². The highest BCUT2D eigenvalue weighted by Gasteiger charge is 2.08. The maximum absolute atomic E-state index is 11.8. The summed E-state index contributed by atoms with van der Waals surface area (Å²) in [6.07, 6.45) is -0.626. The van der Waals surface area contributed by atoms with Crippen molar-refractivity contribution in [3.8, 4) is 17.6 Å². The van der Waals surface area contributed by atoms with Crippen molar-refractivity contribution in [1.82, 2.24) is 0 Å². The number of nitriles is 1. The van der Waals surface area contributed by atoms with Gasteiger partial charge >= 0.3 is 6.09 Å². The molecule has 0 fully saturated rings. The number of nitrogens with zero attached hydrogens (tertiary/aromatic N) is 1. The van der Waals surface area contributed by atoms with Crippen molar-refractivity contribution in [3.63, 3.8) is 0 Å². The smallest absolute Gasteiger partial charge is 0.417 e. The van der Waals surface area contributed by atoms with Gasteiger partial charge in [-0.1, -0.05) is 12.1 Å². The van der Waals surface area contributed by atoms with Gasteiger partial charge in [-0.2, -0.15) is 5.26 Å². The molecule has 0 aliphatic carbocycles. The van der Waals surface area contributed by atoms with Gasteiger partial charge < -0.3 is 9.47 Å². The normalized spacial score (nSPS) is 9.40. The third-order valence-corrected chi connectivity index (χ3v) is 2.54. The Bertz CT molecular complexity index is 645. The van der Waals surface area contributed by atoms with E-state index in [-0.39, 0.29) is 0 Å². The zero-order valence-electron chi connectivity index (χ0n) is 10.8. The molecule has 0 heterocycles. The highest BCUT2D eigenvalue weighted by molar-refractivity contribution is 5.88. The largest absolute Gasteiger partial charge is 0.495 e. The van der Waals surface area contributed by atoms with Crippen molar-refractivity contribution in [2.75, 3.05) is 12.4 Å². The maximum atomic E-state index is 11.8. The zero-order chi connectivity index (χ0) is 14.4. The van der Waals surface area contributed by atoms with E-state index in [2.05, 4.69) is 5.32 Å². The van der Waals surface area contributed by atoms with Gasteiger partial charge in [-0.05, 0) is 36.4 Å². The van der Waals surface area contributed by atoms with E-state index in [0.717, 1.165) is 0 Å². The van der Waals surface area contributed by atoms with E-state index in [4.69, 9.17) is 14.7 Å². The number of ether oxygens (including phenoxy) is 2. The van der Waals surface area contributed by atoms with Crippen molar-refractivity contribution < 1.29 is 14.3 Å². The van der Waals surface area contributed by atoms with Crippen molar-refractivity contribution in [1.29, 1.82) is 5.26 Å². The molecule has 0 radical (unpaired) electrons. The Balaban J connectivity index is 2.03. The van der Waals surface area contributed by atoms with Gasteiger partial charge in [-0.3, -0.25) is 5.32 Å². The summed E-state index contributed by atoms with van der Waals surface area (Å²) in [6, 6.07) is 15.3. The Hall–Kier alpha value is -3.00. The lowest BCUT2D eigenvalue weighted by Gasteiger charge is -2.10. The molecule has 20 heavy (non-hydrogen) atoms. The summed E-state index contributed by atoms with van der Waals surface area (Å²) in [5.41, 5.74) is 1.02. The van der Waals surface area contributed by atoms with E-state index in [0.29, 0.717) is 22.7 Å². The van der Waals surface area contributed by atoms with Crippen LogP contribution < -0.4 is 14.8 Å². The molecule has 2 aromatic carbocycles. The predicted octanol–water partition coefficient (Wildman–Crippen LogP) is 3.18. The minimum Gasteiger partial charge on any atom is -0.495 e. The third kappa shape index (κ3) is 3.27.